The largest absolute Gasteiger partial charge is 0.350 e. The van der Waals surface area contributed by atoms with E-state index in [2.05, 4.69) is 28.1 Å². The van der Waals surface area contributed by atoms with Gasteiger partial charge in [-0.15, -0.1) is 0 Å². The first-order chi connectivity index (χ1) is 14.5. The maximum Gasteiger partial charge on any atom is 0.315 e. The SMILES string of the molecule is CC(NC(=O)NCCNC(=O)c1ccc(F)cc1)c1ccc(-c2ccccc2)cc1. The van der Waals surface area contributed by atoms with E-state index in [1.54, 1.807) is 0 Å². The van der Waals surface area contributed by atoms with Gasteiger partial charge in [0.15, 0.2) is 0 Å². The molecule has 1 atom stereocenters. The molecule has 3 aromatic rings. The lowest BCUT2D eigenvalue weighted by Crippen LogP contribution is -2.41. The lowest BCUT2D eigenvalue weighted by molar-refractivity contribution is 0.0953. The molecule has 0 aliphatic rings. The second-order valence-electron chi connectivity index (χ2n) is 6.87. The van der Waals surface area contributed by atoms with Crippen molar-refractivity contribution in [2.75, 3.05) is 13.1 Å². The van der Waals surface area contributed by atoms with Crippen molar-refractivity contribution in [3.63, 3.8) is 0 Å². The molecule has 0 saturated heterocycles. The Bertz CT molecular complexity index is 974. The molecule has 3 aromatic carbocycles. The van der Waals surface area contributed by atoms with Crippen molar-refractivity contribution >= 4 is 11.9 Å². The highest BCUT2D eigenvalue weighted by atomic mass is 19.1. The van der Waals surface area contributed by atoms with E-state index < -0.39 is 5.82 Å². The van der Waals surface area contributed by atoms with Crippen LogP contribution in [0.2, 0.25) is 0 Å². The monoisotopic (exact) mass is 405 g/mol. The standard InChI is InChI=1S/C24H24FN3O2/c1-17(18-7-9-20(10-8-18)19-5-3-2-4-6-19)28-24(30)27-16-15-26-23(29)21-11-13-22(25)14-12-21/h2-14,17H,15-16H2,1H3,(H,26,29)(H2,27,28,30). The second kappa shape index (κ2) is 10.2. The maximum absolute atomic E-state index is 12.9. The van der Waals surface area contributed by atoms with E-state index in [0.29, 0.717) is 5.56 Å². The molecule has 1 unspecified atom stereocenters. The molecule has 0 aliphatic heterocycles. The van der Waals surface area contributed by atoms with Gasteiger partial charge in [-0.05, 0) is 47.9 Å². The van der Waals surface area contributed by atoms with Crippen molar-refractivity contribution in [2.45, 2.75) is 13.0 Å². The van der Waals surface area contributed by atoms with Crippen LogP contribution in [0.15, 0.2) is 78.9 Å². The Morgan fingerprint density at radius 1 is 0.800 bits per heavy atom. The van der Waals surface area contributed by atoms with Crippen LogP contribution in [0, 0.1) is 5.82 Å². The minimum absolute atomic E-state index is 0.163. The molecule has 0 bridgehead atoms. The fourth-order valence-corrected chi connectivity index (χ4v) is 2.98. The number of nitrogens with one attached hydrogen (secondary N) is 3. The fraction of sp³-hybridized carbons (Fsp3) is 0.167. The van der Waals surface area contributed by atoms with Crippen LogP contribution in [0.1, 0.15) is 28.9 Å². The van der Waals surface area contributed by atoms with Crippen LogP contribution in [-0.2, 0) is 0 Å². The van der Waals surface area contributed by atoms with Crippen molar-refractivity contribution in [3.05, 3.63) is 95.8 Å². The van der Waals surface area contributed by atoms with Gasteiger partial charge in [0, 0.05) is 18.7 Å². The molecule has 0 saturated carbocycles. The summed E-state index contributed by atoms with van der Waals surface area (Å²) < 4.78 is 12.9. The smallest absolute Gasteiger partial charge is 0.315 e. The third kappa shape index (κ3) is 5.91. The number of halogens is 1. The average Bonchev–Trinajstić information content (AvgIpc) is 2.77. The number of amides is 3. The highest BCUT2D eigenvalue weighted by molar-refractivity contribution is 5.94. The van der Waals surface area contributed by atoms with Gasteiger partial charge in [0.1, 0.15) is 5.82 Å². The van der Waals surface area contributed by atoms with Gasteiger partial charge < -0.3 is 16.0 Å². The minimum atomic E-state index is -0.395. The molecule has 0 spiro atoms. The third-order valence-electron chi connectivity index (χ3n) is 4.67. The molecule has 30 heavy (non-hydrogen) atoms. The number of carbonyl (C=O) groups is 2. The summed E-state index contributed by atoms with van der Waals surface area (Å²) >= 11 is 0. The number of urea groups is 1. The zero-order chi connectivity index (χ0) is 21.3. The predicted octanol–water partition coefficient (Wildman–Crippen LogP) is 4.28. The number of hydrogen-bond acceptors (Lipinski definition) is 2. The highest BCUT2D eigenvalue weighted by Gasteiger charge is 2.10. The average molecular weight is 405 g/mol. The van der Waals surface area contributed by atoms with Gasteiger partial charge in [-0.2, -0.15) is 0 Å². The van der Waals surface area contributed by atoms with Gasteiger partial charge in [0.05, 0.1) is 6.04 Å². The quantitative estimate of drug-likeness (QED) is 0.514. The van der Waals surface area contributed by atoms with E-state index in [9.17, 15) is 14.0 Å². The Kier molecular flexibility index (Phi) is 7.16. The van der Waals surface area contributed by atoms with Crippen LogP contribution < -0.4 is 16.0 Å². The Balaban J connectivity index is 1.41. The summed E-state index contributed by atoms with van der Waals surface area (Å²) in [6, 6.07) is 23.0. The number of hydrogen-bond donors (Lipinski definition) is 3. The third-order valence-corrected chi connectivity index (χ3v) is 4.67. The Morgan fingerprint density at radius 3 is 2.07 bits per heavy atom. The molecular weight excluding hydrogens is 381 g/mol. The van der Waals surface area contributed by atoms with E-state index in [1.165, 1.54) is 24.3 Å². The minimum Gasteiger partial charge on any atom is -0.350 e. The first-order valence-electron chi connectivity index (χ1n) is 9.76. The van der Waals surface area contributed by atoms with Crippen LogP contribution in [0.4, 0.5) is 9.18 Å². The number of rotatable bonds is 7. The molecule has 0 radical (unpaired) electrons. The molecule has 3 amide bonds. The summed E-state index contributed by atoms with van der Waals surface area (Å²) in [4.78, 5) is 24.0. The molecule has 0 heterocycles. The van der Waals surface area contributed by atoms with Crippen molar-refractivity contribution < 1.29 is 14.0 Å². The lowest BCUT2D eigenvalue weighted by Gasteiger charge is -2.16. The van der Waals surface area contributed by atoms with Crippen molar-refractivity contribution in [2.24, 2.45) is 0 Å². The van der Waals surface area contributed by atoms with Crippen molar-refractivity contribution in [1.29, 1.82) is 0 Å². The molecular formula is C24H24FN3O2. The molecule has 6 heteroatoms. The Hall–Kier alpha value is -3.67. The maximum atomic E-state index is 12.9. The molecule has 0 fully saturated rings. The van der Waals surface area contributed by atoms with Crippen molar-refractivity contribution in [1.82, 2.24) is 16.0 Å². The molecule has 154 valence electrons. The molecule has 0 aromatic heterocycles. The summed E-state index contributed by atoms with van der Waals surface area (Å²) in [5.41, 5.74) is 3.63. The lowest BCUT2D eigenvalue weighted by atomic mass is 10.0. The topological polar surface area (TPSA) is 70.2 Å². The van der Waals surface area contributed by atoms with Crippen LogP contribution in [0.3, 0.4) is 0 Å². The Morgan fingerprint density at radius 2 is 1.40 bits per heavy atom. The van der Waals surface area contributed by atoms with Crippen LogP contribution in [0.5, 0.6) is 0 Å². The normalized spacial score (nSPS) is 11.4. The van der Waals surface area contributed by atoms with E-state index in [1.807, 2.05) is 49.4 Å². The summed E-state index contributed by atoms with van der Waals surface area (Å²) in [7, 11) is 0. The first-order valence-corrected chi connectivity index (χ1v) is 9.76. The number of carbonyl (C=O) groups excluding carboxylic acids is 2. The van der Waals surface area contributed by atoms with Gasteiger partial charge in [-0.3, -0.25) is 4.79 Å². The van der Waals surface area contributed by atoms with Crippen LogP contribution in [0.25, 0.3) is 11.1 Å². The van der Waals surface area contributed by atoms with Crippen molar-refractivity contribution in [3.8, 4) is 11.1 Å². The predicted molar refractivity (Wildman–Crippen MR) is 116 cm³/mol. The second-order valence-corrected chi connectivity index (χ2v) is 6.87. The molecule has 5 nitrogen and oxygen atoms in total. The fourth-order valence-electron chi connectivity index (χ4n) is 2.98. The molecule has 3 rings (SSSR count). The van der Waals surface area contributed by atoms with E-state index in [4.69, 9.17) is 0 Å². The van der Waals surface area contributed by atoms with Gasteiger partial charge in [0.2, 0.25) is 0 Å². The van der Waals surface area contributed by atoms with Crippen LogP contribution >= 0.6 is 0 Å². The summed E-state index contributed by atoms with van der Waals surface area (Å²) in [5, 5.41) is 8.27. The Labute approximate surface area is 175 Å². The van der Waals surface area contributed by atoms with E-state index in [0.717, 1.165) is 16.7 Å². The summed E-state index contributed by atoms with van der Waals surface area (Å²) in [6.45, 7) is 2.45. The summed E-state index contributed by atoms with van der Waals surface area (Å²) in [5.74, 6) is -0.710. The zero-order valence-electron chi connectivity index (χ0n) is 16.7. The molecule has 3 N–H and O–H groups in total. The number of benzene rings is 3. The highest BCUT2D eigenvalue weighted by Crippen LogP contribution is 2.21. The zero-order valence-corrected chi connectivity index (χ0v) is 16.7. The van der Waals surface area contributed by atoms with Gasteiger partial charge in [0.25, 0.3) is 5.91 Å². The van der Waals surface area contributed by atoms with E-state index >= 15 is 0 Å². The van der Waals surface area contributed by atoms with Crippen LogP contribution in [-0.4, -0.2) is 25.0 Å². The first kappa shape index (κ1) is 21.0. The van der Waals surface area contributed by atoms with Gasteiger partial charge >= 0.3 is 6.03 Å². The van der Waals surface area contributed by atoms with Gasteiger partial charge in [-0.25, -0.2) is 9.18 Å². The van der Waals surface area contributed by atoms with Gasteiger partial charge in [-0.1, -0.05) is 54.6 Å². The van der Waals surface area contributed by atoms with E-state index in [-0.39, 0.29) is 31.1 Å². The summed E-state index contributed by atoms with van der Waals surface area (Å²) in [6.07, 6.45) is 0. The molecule has 0 aliphatic carbocycles.